The van der Waals surface area contributed by atoms with Gasteiger partial charge in [-0.05, 0) is 52.6 Å². The van der Waals surface area contributed by atoms with Gasteiger partial charge in [-0.3, -0.25) is 9.97 Å². The van der Waals surface area contributed by atoms with Gasteiger partial charge >= 0.3 is 0 Å². The van der Waals surface area contributed by atoms with E-state index in [9.17, 15) is 0 Å². The Bertz CT molecular complexity index is 710. The molecule has 0 aliphatic heterocycles. The molecule has 2 heteroatoms. The smallest absolute Gasteiger partial charge is 0.0273 e. The fraction of sp³-hybridized carbons (Fsp3) is 0. The molecule has 3 aromatic rings. The van der Waals surface area contributed by atoms with Crippen molar-refractivity contribution in [3.05, 3.63) is 95.6 Å². The first-order chi connectivity index (χ1) is 10.9. The molecule has 0 amide bonds. The lowest BCUT2D eigenvalue weighted by Crippen LogP contribution is -1.77. The highest BCUT2D eigenvalue weighted by Crippen LogP contribution is 2.13. The second kappa shape index (κ2) is 7.14. The molecule has 0 aliphatic rings. The van der Waals surface area contributed by atoms with Crippen LogP contribution in [-0.4, -0.2) is 9.97 Å². The van der Waals surface area contributed by atoms with Gasteiger partial charge in [0.2, 0.25) is 0 Å². The minimum atomic E-state index is 1.15. The first-order valence-electron chi connectivity index (χ1n) is 7.16. The molecule has 22 heavy (non-hydrogen) atoms. The van der Waals surface area contributed by atoms with Gasteiger partial charge in [0.05, 0.1) is 0 Å². The van der Waals surface area contributed by atoms with Gasteiger partial charge in [-0.15, -0.1) is 0 Å². The summed E-state index contributed by atoms with van der Waals surface area (Å²) < 4.78 is 0. The summed E-state index contributed by atoms with van der Waals surface area (Å²) in [5.74, 6) is 0. The van der Waals surface area contributed by atoms with Crippen LogP contribution in [0.4, 0.5) is 0 Å². The van der Waals surface area contributed by atoms with Crippen LogP contribution < -0.4 is 0 Å². The number of hydrogen-bond acceptors (Lipinski definition) is 2. The maximum atomic E-state index is 4.02. The SMILES string of the molecule is C(=Cc1cccc(C=Cc2ccncc2)c1)c1ccncc1. The maximum Gasteiger partial charge on any atom is 0.0273 e. The highest BCUT2D eigenvalue weighted by molar-refractivity contribution is 5.74. The first-order valence-corrected chi connectivity index (χ1v) is 7.16. The van der Waals surface area contributed by atoms with E-state index in [1.165, 1.54) is 11.1 Å². The molecule has 2 nitrogen and oxygen atoms in total. The Hall–Kier alpha value is -3.00. The van der Waals surface area contributed by atoms with E-state index in [0.717, 1.165) is 11.1 Å². The first kappa shape index (κ1) is 14.0. The van der Waals surface area contributed by atoms with Gasteiger partial charge in [-0.25, -0.2) is 0 Å². The van der Waals surface area contributed by atoms with Gasteiger partial charge in [0.1, 0.15) is 0 Å². The molecule has 2 heterocycles. The zero-order valence-corrected chi connectivity index (χ0v) is 12.1. The molecule has 3 rings (SSSR count). The topological polar surface area (TPSA) is 25.8 Å². The van der Waals surface area contributed by atoms with E-state index in [2.05, 4.69) is 58.5 Å². The fourth-order valence-corrected chi connectivity index (χ4v) is 2.10. The van der Waals surface area contributed by atoms with E-state index in [0.29, 0.717) is 0 Å². The molecule has 0 fully saturated rings. The quantitative estimate of drug-likeness (QED) is 0.686. The van der Waals surface area contributed by atoms with Crippen molar-refractivity contribution in [3.8, 4) is 0 Å². The lowest BCUT2D eigenvalue weighted by molar-refractivity contribution is 1.32. The molecule has 0 radical (unpaired) electrons. The monoisotopic (exact) mass is 284 g/mol. The lowest BCUT2D eigenvalue weighted by Gasteiger charge is -1.98. The summed E-state index contributed by atoms with van der Waals surface area (Å²) in [5.41, 5.74) is 4.64. The molecule has 1 aromatic carbocycles. The van der Waals surface area contributed by atoms with Gasteiger partial charge in [-0.2, -0.15) is 0 Å². The van der Waals surface area contributed by atoms with E-state index in [4.69, 9.17) is 0 Å². The van der Waals surface area contributed by atoms with Crippen molar-refractivity contribution in [1.29, 1.82) is 0 Å². The molecule has 0 saturated heterocycles. The summed E-state index contributed by atoms with van der Waals surface area (Å²) in [7, 11) is 0. The molecule has 106 valence electrons. The molecule has 0 unspecified atom stereocenters. The van der Waals surface area contributed by atoms with Crippen molar-refractivity contribution < 1.29 is 0 Å². The second-order valence-electron chi connectivity index (χ2n) is 4.90. The summed E-state index contributed by atoms with van der Waals surface area (Å²) >= 11 is 0. The number of hydrogen-bond donors (Lipinski definition) is 0. The van der Waals surface area contributed by atoms with Gasteiger partial charge in [-0.1, -0.05) is 42.5 Å². The minimum absolute atomic E-state index is 1.15. The molecule has 0 bridgehead atoms. The Morgan fingerprint density at radius 3 is 1.36 bits per heavy atom. The molecule has 0 aliphatic carbocycles. The third-order valence-electron chi connectivity index (χ3n) is 3.26. The van der Waals surface area contributed by atoms with Crippen LogP contribution in [0, 0.1) is 0 Å². The second-order valence-corrected chi connectivity index (χ2v) is 4.90. The van der Waals surface area contributed by atoms with Crippen LogP contribution in [0.25, 0.3) is 24.3 Å². The Morgan fingerprint density at radius 2 is 0.909 bits per heavy atom. The van der Waals surface area contributed by atoms with Crippen molar-refractivity contribution in [1.82, 2.24) is 9.97 Å². The molecule has 0 N–H and O–H groups in total. The summed E-state index contributed by atoms with van der Waals surface area (Å²) in [6.07, 6.45) is 15.6. The predicted octanol–water partition coefficient (Wildman–Crippen LogP) is 4.82. The average molecular weight is 284 g/mol. The highest BCUT2D eigenvalue weighted by atomic mass is 14.6. The van der Waals surface area contributed by atoms with Crippen LogP contribution in [0.2, 0.25) is 0 Å². The van der Waals surface area contributed by atoms with E-state index in [-0.39, 0.29) is 0 Å². The number of benzene rings is 1. The average Bonchev–Trinajstić information content (AvgIpc) is 2.60. The summed E-state index contributed by atoms with van der Waals surface area (Å²) in [6, 6.07) is 16.4. The van der Waals surface area contributed by atoms with Crippen LogP contribution in [-0.2, 0) is 0 Å². The van der Waals surface area contributed by atoms with E-state index >= 15 is 0 Å². The van der Waals surface area contributed by atoms with Crippen LogP contribution >= 0.6 is 0 Å². The normalized spacial score (nSPS) is 11.3. The van der Waals surface area contributed by atoms with Crippen LogP contribution in [0.15, 0.2) is 73.3 Å². The van der Waals surface area contributed by atoms with E-state index in [1.54, 1.807) is 24.8 Å². The van der Waals surface area contributed by atoms with Crippen LogP contribution in [0.1, 0.15) is 22.3 Å². The third kappa shape index (κ3) is 4.00. The number of pyridine rings is 2. The molecule has 0 saturated carbocycles. The Balaban J connectivity index is 1.75. The van der Waals surface area contributed by atoms with Crippen molar-refractivity contribution in [2.45, 2.75) is 0 Å². The van der Waals surface area contributed by atoms with Crippen LogP contribution in [0.5, 0.6) is 0 Å². The van der Waals surface area contributed by atoms with E-state index in [1.807, 2.05) is 24.3 Å². The minimum Gasteiger partial charge on any atom is -0.265 e. The number of rotatable bonds is 4. The van der Waals surface area contributed by atoms with Gasteiger partial charge in [0.25, 0.3) is 0 Å². The fourth-order valence-electron chi connectivity index (χ4n) is 2.10. The van der Waals surface area contributed by atoms with Gasteiger partial charge in [0, 0.05) is 24.8 Å². The highest BCUT2D eigenvalue weighted by Gasteiger charge is 1.91. The third-order valence-corrected chi connectivity index (χ3v) is 3.26. The Morgan fingerprint density at radius 1 is 0.500 bits per heavy atom. The van der Waals surface area contributed by atoms with Crippen molar-refractivity contribution >= 4 is 24.3 Å². The predicted molar refractivity (Wildman–Crippen MR) is 92.8 cm³/mol. The number of aromatic nitrogens is 2. The zero-order chi connectivity index (χ0) is 15.0. The molecular formula is C20H16N2. The van der Waals surface area contributed by atoms with Crippen LogP contribution in [0.3, 0.4) is 0 Å². The molecular weight excluding hydrogens is 268 g/mol. The van der Waals surface area contributed by atoms with Crippen molar-refractivity contribution in [2.24, 2.45) is 0 Å². The van der Waals surface area contributed by atoms with E-state index < -0.39 is 0 Å². The summed E-state index contributed by atoms with van der Waals surface area (Å²) in [5, 5.41) is 0. The van der Waals surface area contributed by atoms with Crippen molar-refractivity contribution in [2.75, 3.05) is 0 Å². The summed E-state index contributed by atoms with van der Waals surface area (Å²) in [6.45, 7) is 0. The van der Waals surface area contributed by atoms with Crippen molar-refractivity contribution in [3.63, 3.8) is 0 Å². The maximum absolute atomic E-state index is 4.02. The van der Waals surface area contributed by atoms with Gasteiger partial charge < -0.3 is 0 Å². The molecule has 0 spiro atoms. The lowest BCUT2D eigenvalue weighted by atomic mass is 10.1. The summed E-state index contributed by atoms with van der Waals surface area (Å²) in [4.78, 5) is 8.04. The van der Waals surface area contributed by atoms with Gasteiger partial charge in [0.15, 0.2) is 0 Å². The molecule has 0 atom stereocenters. The zero-order valence-electron chi connectivity index (χ0n) is 12.1. The Kier molecular flexibility index (Phi) is 4.53. The Labute approximate surface area is 130 Å². The molecule has 2 aromatic heterocycles. The largest absolute Gasteiger partial charge is 0.265 e. The number of nitrogens with zero attached hydrogens (tertiary/aromatic N) is 2. The standard InChI is InChI=1S/C20H16N2/c1-2-19(6-4-17-8-12-21-13-9-17)16-20(3-1)7-5-18-10-14-22-15-11-18/h1-16H.